The Morgan fingerprint density at radius 1 is 0.944 bits per heavy atom. The number of aryl methyl sites for hydroxylation is 1. The average Bonchev–Trinajstić information content (AvgIpc) is 3.35. The highest BCUT2D eigenvalue weighted by Gasteiger charge is 2.20. The first-order valence-corrected chi connectivity index (χ1v) is 11.7. The third-order valence-corrected chi connectivity index (χ3v) is 6.30. The Balaban J connectivity index is 1.57. The molecule has 6 rings (SSSR count). The quantitative estimate of drug-likeness (QED) is 0.383. The van der Waals surface area contributed by atoms with Gasteiger partial charge in [0.05, 0.1) is 23.1 Å². The highest BCUT2D eigenvalue weighted by Crippen LogP contribution is 2.30. The predicted octanol–water partition coefficient (Wildman–Crippen LogP) is 4.90. The van der Waals surface area contributed by atoms with Crippen molar-refractivity contribution in [3.05, 3.63) is 108 Å². The molecule has 0 aliphatic carbocycles. The number of para-hydroxylation sites is 1. The van der Waals surface area contributed by atoms with Gasteiger partial charge in [-0.1, -0.05) is 36.4 Å². The van der Waals surface area contributed by atoms with Gasteiger partial charge < -0.3 is 5.32 Å². The van der Waals surface area contributed by atoms with E-state index in [0.717, 1.165) is 33.4 Å². The fourth-order valence-corrected chi connectivity index (χ4v) is 4.62. The lowest BCUT2D eigenvalue weighted by molar-refractivity contribution is 0.768. The van der Waals surface area contributed by atoms with Crippen LogP contribution in [0, 0.1) is 0 Å². The molecule has 8 nitrogen and oxygen atoms in total. The number of pyridine rings is 2. The average molecular weight is 474 g/mol. The van der Waals surface area contributed by atoms with E-state index in [1.165, 1.54) is 6.33 Å². The van der Waals surface area contributed by atoms with Crippen LogP contribution in [-0.4, -0.2) is 29.3 Å². The van der Waals surface area contributed by atoms with Gasteiger partial charge in [0.1, 0.15) is 11.8 Å². The Hall–Kier alpha value is -4.85. The molecule has 0 fully saturated rings. The second kappa shape index (κ2) is 8.74. The summed E-state index contributed by atoms with van der Waals surface area (Å²) in [6.07, 6.45) is 6.94. The Labute approximate surface area is 206 Å². The zero-order valence-corrected chi connectivity index (χ0v) is 19.8. The molecule has 4 aromatic heterocycles. The number of nitrogens with one attached hydrogen (secondary N) is 1. The first-order chi connectivity index (χ1) is 17.6. The summed E-state index contributed by atoms with van der Waals surface area (Å²) in [6, 6.07) is 21.2. The lowest BCUT2D eigenvalue weighted by atomic mass is 9.99. The molecule has 176 valence electrons. The molecule has 0 saturated carbocycles. The first kappa shape index (κ1) is 21.7. The number of hydrogen-bond acceptors (Lipinski definition) is 6. The third kappa shape index (κ3) is 3.69. The molecule has 2 aromatic carbocycles. The number of benzene rings is 2. The van der Waals surface area contributed by atoms with Crippen molar-refractivity contribution in [2.75, 3.05) is 5.32 Å². The topological polar surface area (TPSA) is 90.5 Å². The first-order valence-electron chi connectivity index (χ1n) is 11.7. The number of fused-ring (bicyclic) bond motifs is 2. The fraction of sp³-hybridized carbons (Fsp3) is 0.107. The zero-order valence-electron chi connectivity index (χ0n) is 19.8. The van der Waals surface area contributed by atoms with Crippen LogP contribution < -0.4 is 10.9 Å². The van der Waals surface area contributed by atoms with Gasteiger partial charge in [0, 0.05) is 36.4 Å². The van der Waals surface area contributed by atoms with Crippen LogP contribution in [0.2, 0.25) is 0 Å². The molecule has 0 aliphatic heterocycles. The molecule has 6 aromatic rings. The van der Waals surface area contributed by atoms with Gasteiger partial charge in [-0.05, 0) is 48.2 Å². The number of anilines is 1. The molecule has 0 unspecified atom stereocenters. The monoisotopic (exact) mass is 473 g/mol. The smallest absolute Gasteiger partial charge is 0.263 e. The van der Waals surface area contributed by atoms with E-state index in [4.69, 9.17) is 0 Å². The minimum atomic E-state index is -0.260. The molecule has 0 saturated heterocycles. The molecule has 8 heteroatoms. The van der Waals surface area contributed by atoms with Gasteiger partial charge in [0.25, 0.3) is 5.56 Å². The third-order valence-electron chi connectivity index (χ3n) is 6.30. The number of aromatic nitrogens is 6. The van der Waals surface area contributed by atoms with Crippen molar-refractivity contribution in [1.82, 2.24) is 29.3 Å². The maximum Gasteiger partial charge on any atom is 0.263 e. The molecule has 0 amide bonds. The van der Waals surface area contributed by atoms with Crippen LogP contribution in [0.3, 0.4) is 0 Å². The Morgan fingerprint density at radius 3 is 2.61 bits per heavy atom. The summed E-state index contributed by atoms with van der Waals surface area (Å²) >= 11 is 0. The van der Waals surface area contributed by atoms with E-state index in [1.54, 1.807) is 21.6 Å². The predicted molar refractivity (Wildman–Crippen MR) is 141 cm³/mol. The van der Waals surface area contributed by atoms with E-state index in [-0.39, 0.29) is 11.6 Å². The Bertz CT molecular complexity index is 1770. The molecule has 0 aliphatic rings. The van der Waals surface area contributed by atoms with Crippen molar-refractivity contribution in [3.63, 3.8) is 0 Å². The van der Waals surface area contributed by atoms with Gasteiger partial charge >= 0.3 is 0 Å². The molecule has 1 atom stereocenters. The largest absolute Gasteiger partial charge is 0.360 e. The summed E-state index contributed by atoms with van der Waals surface area (Å²) in [5, 5.41) is 9.29. The molecule has 0 spiro atoms. The molecule has 36 heavy (non-hydrogen) atoms. The molecule has 4 heterocycles. The number of hydrogen-bond donors (Lipinski definition) is 1. The highest BCUT2D eigenvalue weighted by molar-refractivity contribution is 5.96. The van der Waals surface area contributed by atoms with E-state index < -0.39 is 0 Å². The summed E-state index contributed by atoms with van der Waals surface area (Å²) < 4.78 is 3.51. The van der Waals surface area contributed by atoms with Crippen molar-refractivity contribution in [1.29, 1.82) is 0 Å². The zero-order chi connectivity index (χ0) is 24.6. The van der Waals surface area contributed by atoms with Crippen LogP contribution in [0.25, 0.3) is 38.6 Å². The normalized spacial score (nSPS) is 12.2. The molecule has 1 N–H and O–H groups in total. The van der Waals surface area contributed by atoms with Crippen LogP contribution in [0.1, 0.15) is 18.7 Å². The summed E-state index contributed by atoms with van der Waals surface area (Å²) in [4.78, 5) is 27.4. The van der Waals surface area contributed by atoms with Gasteiger partial charge in [0.2, 0.25) is 0 Å². The SMILES string of the molecule is C[C@H](Nc1ncnc2cccnc12)c1cc2cccc(-c3cnn(C)c3)c2c(=O)n1-c1ccccc1. The van der Waals surface area contributed by atoms with Gasteiger partial charge in [-0.15, -0.1) is 0 Å². The standard InChI is InChI=1S/C28H23N7O/c1-18(33-27-26-23(30-17-31-27)12-7-13-29-26)24-14-19-8-6-11-22(20-15-32-34(2)16-20)25(19)28(36)35(24)21-9-4-3-5-10-21/h3-18H,1-2H3,(H,30,31,33)/t18-/m0/s1. The van der Waals surface area contributed by atoms with Gasteiger partial charge in [-0.3, -0.25) is 19.0 Å². The van der Waals surface area contributed by atoms with Crippen molar-refractivity contribution < 1.29 is 0 Å². The Morgan fingerprint density at radius 2 is 1.81 bits per heavy atom. The van der Waals surface area contributed by atoms with Crippen LogP contribution >= 0.6 is 0 Å². The molecule has 0 radical (unpaired) electrons. The molecular formula is C28H23N7O. The highest BCUT2D eigenvalue weighted by atomic mass is 16.1. The summed E-state index contributed by atoms with van der Waals surface area (Å²) in [6.45, 7) is 2.02. The fourth-order valence-electron chi connectivity index (χ4n) is 4.62. The van der Waals surface area contributed by atoms with Crippen molar-refractivity contribution >= 4 is 27.6 Å². The van der Waals surface area contributed by atoms with Crippen molar-refractivity contribution in [2.45, 2.75) is 13.0 Å². The Kier molecular flexibility index (Phi) is 5.26. The maximum absolute atomic E-state index is 14.2. The van der Waals surface area contributed by atoms with E-state index in [0.29, 0.717) is 16.7 Å². The number of rotatable bonds is 5. The second-order valence-corrected chi connectivity index (χ2v) is 8.68. The minimum absolute atomic E-state index is 0.0903. The van der Waals surface area contributed by atoms with Gasteiger partial charge in [0.15, 0.2) is 5.82 Å². The molecule has 0 bridgehead atoms. The van der Waals surface area contributed by atoms with Gasteiger partial charge in [-0.2, -0.15) is 5.10 Å². The van der Waals surface area contributed by atoms with Crippen molar-refractivity contribution in [2.24, 2.45) is 7.05 Å². The number of nitrogens with zero attached hydrogens (tertiary/aromatic N) is 6. The second-order valence-electron chi connectivity index (χ2n) is 8.68. The molecular weight excluding hydrogens is 450 g/mol. The van der Waals surface area contributed by atoms with Crippen LogP contribution in [0.4, 0.5) is 5.82 Å². The van der Waals surface area contributed by atoms with E-state index >= 15 is 0 Å². The van der Waals surface area contributed by atoms with Crippen LogP contribution in [0.5, 0.6) is 0 Å². The van der Waals surface area contributed by atoms with Gasteiger partial charge in [-0.25, -0.2) is 9.97 Å². The lowest BCUT2D eigenvalue weighted by Gasteiger charge is -2.22. The van der Waals surface area contributed by atoms with Crippen molar-refractivity contribution in [3.8, 4) is 16.8 Å². The lowest BCUT2D eigenvalue weighted by Crippen LogP contribution is -2.26. The van der Waals surface area contributed by atoms with E-state index in [2.05, 4.69) is 31.4 Å². The van der Waals surface area contributed by atoms with Crippen LogP contribution in [0.15, 0.2) is 96.4 Å². The minimum Gasteiger partial charge on any atom is -0.360 e. The van der Waals surface area contributed by atoms with E-state index in [9.17, 15) is 4.79 Å². The summed E-state index contributed by atoms with van der Waals surface area (Å²) in [5.74, 6) is 0.615. The van der Waals surface area contributed by atoms with Crippen LogP contribution in [-0.2, 0) is 7.05 Å². The summed E-state index contributed by atoms with van der Waals surface area (Å²) in [7, 11) is 1.87. The van der Waals surface area contributed by atoms with E-state index in [1.807, 2.05) is 80.8 Å². The maximum atomic E-state index is 14.2. The summed E-state index contributed by atoms with van der Waals surface area (Å²) in [5.41, 5.74) is 4.70.